The highest BCUT2D eigenvalue weighted by Gasteiger charge is 2.13. The van der Waals surface area contributed by atoms with E-state index in [-0.39, 0.29) is 6.10 Å². The van der Waals surface area contributed by atoms with E-state index in [4.69, 9.17) is 9.47 Å². The number of nitrogens with one attached hydrogen (secondary N) is 1. The predicted octanol–water partition coefficient (Wildman–Crippen LogP) is 0.757. The van der Waals surface area contributed by atoms with Gasteiger partial charge in [-0.3, -0.25) is 4.98 Å². The zero-order chi connectivity index (χ0) is 10.5. The highest BCUT2D eigenvalue weighted by molar-refractivity contribution is 5.19. The van der Waals surface area contributed by atoms with Crippen molar-refractivity contribution in [1.29, 1.82) is 0 Å². The van der Waals surface area contributed by atoms with Gasteiger partial charge in [0.2, 0.25) is 0 Å². The van der Waals surface area contributed by atoms with E-state index in [0.29, 0.717) is 6.61 Å². The maximum absolute atomic E-state index is 5.57. The zero-order valence-electron chi connectivity index (χ0n) is 8.90. The van der Waals surface area contributed by atoms with Gasteiger partial charge in [-0.2, -0.15) is 0 Å². The largest absolute Gasteiger partial charge is 0.489 e. The molecule has 4 nitrogen and oxygen atoms in total. The van der Waals surface area contributed by atoms with Gasteiger partial charge in [-0.1, -0.05) is 0 Å². The third-order valence-electron chi connectivity index (χ3n) is 2.32. The Kier molecular flexibility index (Phi) is 3.53. The molecule has 1 N–H and O–H groups in total. The number of aryl methyl sites for hydroxylation is 1. The van der Waals surface area contributed by atoms with Crippen LogP contribution in [0.4, 0.5) is 0 Å². The van der Waals surface area contributed by atoms with E-state index in [1.54, 1.807) is 6.20 Å². The van der Waals surface area contributed by atoms with Crippen molar-refractivity contribution in [1.82, 2.24) is 10.3 Å². The summed E-state index contributed by atoms with van der Waals surface area (Å²) in [5.41, 5.74) is 0.998. The summed E-state index contributed by atoms with van der Waals surface area (Å²) >= 11 is 0. The van der Waals surface area contributed by atoms with Crippen molar-refractivity contribution in [2.75, 3.05) is 26.3 Å². The van der Waals surface area contributed by atoms with Crippen molar-refractivity contribution in [3.8, 4) is 5.75 Å². The summed E-state index contributed by atoms with van der Waals surface area (Å²) < 4.78 is 11.1. The van der Waals surface area contributed by atoms with Gasteiger partial charge in [0.1, 0.15) is 18.5 Å². The lowest BCUT2D eigenvalue weighted by atomic mass is 10.3. The highest BCUT2D eigenvalue weighted by Crippen LogP contribution is 2.09. The molecule has 0 aromatic carbocycles. The Hall–Kier alpha value is -1.13. The first-order valence-corrected chi connectivity index (χ1v) is 5.22. The number of morpholine rings is 1. The van der Waals surface area contributed by atoms with Crippen LogP contribution in [-0.4, -0.2) is 37.4 Å². The van der Waals surface area contributed by atoms with E-state index in [1.807, 2.05) is 19.1 Å². The van der Waals surface area contributed by atoms with Crippen molar-refractivity contribution in [2.24, 2.45) is 0 Å². The van der Waals surface area contributed by atoms with Gasteiger partial charge in [-0.15, -0.1) is 0 Å². The number of nitrogens with zero attached hydrogens (tertiary/aromatic N) is 1. The van der Waals surface area contributed by atoms with E-state index < -0.39 is 0 Å². The predicted molar refractivity (Wildman–Crippen MR) is 57.1 cm³/mol. The molecule has 2 rings (SSSR count). The van der Waals surface area contributed by atoms with E-state index in [1.165, 1.54) is 0 Å². The van der Waals surface area contributed by atoms with Crippen LogP contribution in [0.2, 0.25) is 0 Å². The van der Waals surface area contributed by atoms with Gasteiger partial charge >= 0.3 is 0 Å². The van der Waals surface area contributed by atoms with Crippen LogP contribution >= 0.6 is 0 Å². The third kappa shape index (κ3) is 3.18. The van der Waals surface area contributed by atoms with Gasteiger partial charge in [0.15, 0.2) is 0 Å². The lowest BCUT2D eigenvalue weighted by Gasteiger charge is -2.23. The van der Waals surface area contributed by atoms with Crippen LogP contribution in [0.1, 0.15) is 5.69 Å². The number of hydrogen-bond acceptors (Lipinski definition) is 4. The average Bonchev–Trinajstić information content (AvgIpc) is 2.30. The third-order valence-corrected chi connectivity index (χ3v) is 2.32. The fourth-order valence-electron chi connectivity index (χ4n) is 1.46. The SMILES string of the molecule is Cc1ccc(OCC2CNCCO2)cn1. The number of pyridine rings is 1. The molecule has 1 aromatic rings. The molecule has 0 aliphatic carbocycles. The molecule has 15 heavy (non-hydrogen) atoms. The minimum Gasteiger partial charge on any atom is -0.489 e. The fraction of sp³-hybridized carbons (Fsp3) is 0.545. The molecule has 1 saturated heterocycles. The first-order chi connectivity index (χ1) is 7.34. The van der Waals surface area contributed by atoms with E-state index >= 15 is 0 Å². The van der Waals surface area contributed by atoms with Crippen molar-refractivity contribution < 1.29 is 9.47 Å². The van der Waals surface area contributed by atoms with E-state index in [9.17, 15) is 0 Å². The second-order valence-corrected chi connectivity index (χ2v) is 3.64. The normalized spacial score (nSPS) is 21.3. The molecule has 1 unspecified atom stereocenters. The van der Waals surface area contributed by atoms with Crippen LogP contribution in [0, 0.1) is 6.92 Å². The topological polar surface area (TPSA) is 43.4 Å². The van der Waals surface area contributed by atoms with Crippen LogP contribution in [-0.2, 0) is 4.74 Å². The molecule has 1 aliphatic heterocycles. The molecule has 1 atom stereocenters. The highest BCUT2D eigenvalue weighted by atomic mass is 16.5. The summed E-state index contributed by atoms with van der Waals surface area (Å²) in [6.07, 6.45) is 1.89. The second-order valence-electron chi connectivity index (χ2n) is 3.64. The smallest absolute Gasteiger partial charge is 0.137 e. The first-order valence-electron chi connectivity index (χ1n) is 5.22. The van der Waals surface area contributed by atoms with E-state index in [0.717, 1.165) is 31.1 Å². The number of rotatable bonds is 3. The average molecular weight is 208 g/mol. The number of ether oxygens (including phenoxy) is 2. The van der Waals surface area contributed by atoms with Gasteiger partial charge in [0.05, 0.1) is 12.8 Å². The van der Waals surface area contributed by atoms with Crippen molar-refractivity contribution in [2.45, 2.75) is 13.0 Å². The Bertz CT molecular complexity index is 294. The molecule has 0 spiro atoms. The van der Waals surface area contributed by atoms with Crippen LogP contribution in [0.25, 0.3) is 0 Å². The zero-order valence-corrected chi connectivity index (χ0v) is 8.90. The lowest BCUT2D eigenvalue weighted by molar-refractivity contribution is 0.000122. The quantitative estimate of drug-likeness (QED) is 0.796. The summed E-state index contributed by atoms with van der Waals surface area (Å²) in [7, 11) is 0. The molecule has 1 aromatic heterocycles. The minimum absolute atomic E-state index is 0.153. The van der Waals surface area contributed by atoms with Gasteiger partial charge in [-0.05, 0) is 19.1 Å². The second kappa shape index (κ2) is 5.09. The molecule has 4 heteroatoms. The van der Waals surface area contributed by atoms with Gasteiger partial charge in [-0.25, -0.2) is 0 Å². The van der Waals surface area contributed by atoms with Crippen LogP contribution < -0.4 is 10.1 Å². The molecule has 1 fully saturated rings. The summed E-state index contributed by atoms with van der Waals surface area (Å²) in [6.45, 7) is 5.09. The molecular weight excluding hydrogens is 192 g/mol. The Balaban J connectivity index is 1.79. The van der Waals surface area contributed by atoms with Crippen molar-refractivity contribution in [3.05, 3.63) is 24.0 Å². The van der Waals surface area contributed by atoms with Crippen molar-refractivity contribution in [3.63, 3.8) is 0 Å². The van der Waals surface area contributed by atoms with Crippen LogP contribution in [0.5, 0.6) is 5.75 Å². The standard InChI is InChI=1S/C11H16N2O2/c1-9-2-3-10(7-13-9)15-8-11-6-12-4-5-14-11/h2-3,7,11-12H,4-6,8H2,1H3. The lowest BCUT2D eigenvalue weighted by Crippen LogP contribution is -2.41. The summed E-state index contributed by atoms with van der Waals surface area (Å²) in [5, 5.41) is 3.26. The molecule has 82 valence electrons. The molecule has 2 heterocycles. The fourth-order valence-corrected chi connectivity index (χ4v) is 1.46. The molecule has 0 amide bonds. The molecule has 0 bridgehead atoms. The first kappa shape index (κ1) is 10.4. The Morgan fingerprint density at radius 3 is 3.20 bits per heavy atom. The summed E-state index contributed by atoms with van der Waals surface area (Å²) in [5.74, 6) is 0.801. The number of hydrogen-bond donors (Lipinski definition) is 1. The molecule has 0 radical (unpaired) electrons. The van der Waals surface area contributed by atoms with Gasteiger partial charge in [0, 0.05) is 18.8 Å². The van der Waals surface area contributed by atoms with Gasteiger partial charge < -0.3 is 14.8 Å². The Morgan fingerprint density at radius 1 is 1.60 bits per heavy atom. The van der Waals surface area contributed by atoms with Gasteiger partial charge in [0.25, 0.3) is 0 Å². The van der Waals surface area contributed by atoms with Crippen LogP contribution in [0.15, 0.2) is 18.3 Å². The molecule has 0 saturated carbocycles. The minimum atomic E-state index is 0.153. The van der Waals surface area contributed by atoms with E-state index in [2.05, 4.69) is 10.3 Å². The van der Waals surface area contributed by atoms with Crippen molar-refractivity contribution >= 4 is 0 Å². The van der Waals surface area contributed by atoms with Crippen LogP contribution in [0.3, 0.4) is 0 Å². The summed E-state index contributed by atoms with van der Waals surface area (Å²) in [6, 6.07) is 3.87. The molecule has 1 aliphatic rings. The monoisotopic (exact) mass is 208 g/mol. The maximum Gasteiger partial charge on any atom is 0.137 e. The number of aromatic nitrogens is 1. The summed E-state index contributed by atoms with van der Waals surface area (Å²) in [4.78, 5) is 4.16. The Labute approximate surface area is 89.6 Å². The molecular formula is C11H16N2O2. The maximum atomic E-state index is 5.57. The Morgan fingerprint density at radius 2 is 2.53 bits per heavy atom.